The monoisotopic (exact) mass is 573 g/mol. The summed E-state index contributed by atoms with van der Waals surface area (Å²) in [4.78, 5) is 51.5. The fourth-order valence-electron chi connectivity index (χ4n) is 3.46. The van der Waals surface area contributed by atoms with E-state index in [1.165, 1.54) is 0 Å². The second-order valence-corrected chi connectivity index (χ2v) is 9.06. The minimum absolute atomic E-state index is 0.000565. The van der Waals surface area contributed by atoms with Crippen LogP contribution in [0.25, 0.3) is 0 Å². The Hall–Kier alpha value is -4.55. The molecule has 9 N–H and O–H groups in total. The summed E-state index contributed by atoms with van der Waals surface area (Å²) in [7, 11) is 0. The number of nitrogens with two attached hydrogens (primary N) is 2. The van der Waals surface area contributed by atoms with Crippen LogP contribution in [0.4, 0.5) is 5.69 Å². The maximum atomic E-state index is 12.6. The lowest BCUT2D eigenvalue weighted by Crippen LogP contribution is -2.49. The molecule has 0 fully saturated rings. The topological polar surface area (TPSA) is 210 Å². The van der Waals surface area contributed by atoms with Crippen LogP contribution >= 0.6 is 0 Å². The van der Waals surface area contributed by atoms with Gasteiger partial charge in [0.25, 0.3) is 0 Å². The molecule has 1 rings (SSSR count). The molecule has 2 atom stereocenters. The van der Waals surface area contributed by atoms with Crippen molar-refractivity contribution in [3.63, 3.8) is 0 Å². The summed E-state index contributed by atoms with van der Waals surface area (Å²) >= 11 is 0. The van der Waals surface area contributed by atoms with Crippen LogP contribution in [0.3, 0.4) is 0 Å². The van der Waals surface area contributed by atoms with Crippen LogP contribution in [-0.4, -0.2) is 73.1 Å². The summed E-state index contributed by atoms with van der Waals surface area (Å²) in [6, 6.07) is 5.93. The van der Waals surface area contributed by atoms with E-state index >= 15 is 0 Å². The van der Waals surface area contributed by atoms with E-state index in [9.17, 15) is 24.3 Å². The molecule has 0 spiro atoms. The summed E-state index contributed by atoms with van der Waals surface area (Å²) in [5.74, 6) is -1.38. The van der Waals surface area contributed by atoms with E-state index in [0.717, 1.165) is 0 Å². The van der Waals surface area contributed by atoms with E-state index < -0.39 is 29.9 Å². The molecular formula is C28H43N7O6. The Morgan fingerprint density at radius 2 is 1.76 bits per heavy atom. The van der Waals surface area contributed by atoms with Crippen LogP contribution in [0.1, 0.15) is 46.5 Å². The standard InChI is InChI=1S/C28H43N7O6/c1-4-20(9-6-7-14-32-28(29)30)27(40)33-18-25(37)35-23(17-26(38)39)19(3)34-21-10-12-22(13-11-21)41-16-8-15-31-24(36)5-2/h6-7,9-13,19,23,34H,4-5,8,14-18H2,1-3H3,(H,31,36)(H,33,40)(H,35,37)(H,38,39)(H4,29,30,32). The number of rotatable bonds is 19. The number of nitrogens with zero attached hydrogens (tertiary/aromatic N) is 1. The highest BCUT2D eigenvalue weighted by Crippen LogP contribution is 2.18. The molecule has 13 heteroatoms. The van der Waals surface area contributed by atoms with Crippen molar-refractivity contribution in [1.29, 1.82) is 0 Å². The van der Waals surface area contributed by atoms with E-state index in [-0.39, 0.29) is 31.4 Å². The Balaban J connectivity index is 2.62. The number of allylic oxidation sites excluding steroid dienone is 2. The SMILES string of the molecule is CCC(=O)NCCCOc1ccc(NC(C)C(CC(=O)O)NC(=O)CNC(=O)C(=CC=CCN=C(N)N)CC)cc1. The lowest BCUT2D eigenvalue weighted by atomic mass is 10.1. The number of amides is 3. The Morgan fingerprint density at radius 3 is 2.37 bits per heavy atom. The van der Waals surface area contributed by atoms with Crippen LogP contribution in [0.2, 0.25) is 0 Å². The molecule has 0 heterocycles. The van der Waals surface area contributed by atoms with Gasteiger partial charge < -0.3 is 42.6 Å². The van der Waals surface area contributed by atoms with E-state index in [4.69, 9.17) is 16.2 Å². The van der Waals surface area contributed by atoms with Gasteiger partial charge in [-0.25, -0.2) is 4.99 Å². The first-order valence-corrected chi connectivity index (χ1v) is 13.5. The normalized spacial score (nSPS) is 12.6. The van der Waals surface area contributed by atoms with Gasteiger partial charge >= 0.3 is 5.97 Å². The minimum atomic E-state index is -1.07. The third kappa shape index (κ3) is 15.6. The van der Waals surface area contributed by atoms with Crippen molar-refractivity contribution in [3.8, 4) is 5.75 Å². The highest BCUT2D eigenvalue weighted by molar-refractivity contribution is 5.96. The van der Waals surface area contributed by atoms with Gasteiger partial charge in [-0.15, -0.1) is 0 Å². The first-order chi connectivity index (χ1) is 19.5. The molecule has 0 saturated heterocycles. The van der Waals surface area contributed by atoms with Gasteiger partial charge in [0.05, 0.1) is 32.2 Å². The predicted octanol–water partition coefficient (Wildman–Crippen LogP) is 1.02. The van der Waals surface area contributed by atoms with Gasteiger partial charge in [0.2, 0.25) is 17.7 Å². The number of aliphatic imine (C=N–C) groups is 1. The van der Waals surface area contributed by atoms with E-state index in [0.29, 0.717) is 49.4 Å². The second-order valence-electron chi connectivity index (χ2n) is 9.06. The number of aliphatic carboxylic acids is 1. The highest BCUT2D eigenvalue weighted by Gasteiger charge is 2.23. The summed E-state index contributed by atoms with van der Waals surface area (Å²) in [5.41, 5.74) is 11.7. The van der Waals surface area contributed by atoms with Crippen molar-refractivity contribution in [2.24, 2.45) is 16.5 Å². The lowest BCUT2D eigenvalue weighted by Gasteiger charge is -2.26. The molecule has 2 unspecified atom stereocenters. The van der Waals surface area contributed by atoms with Crippen molar-refractivity contribution in [2.45, 2.75) is 58.5 Å². The number of anilines is 1. The maximum Gasteiger partial charge on any atom is 0.305 e. The third-order valence-electron chi connectivity index (χ3n) is 5.72. The zero-order valence-corrected chi connectivity index (χ0v) is 23.9. The number of benzene rings is 1. The molecule has 0 aliphatic carbocycles. The molecule has 0 aromatic heterocycles. The minimum Gasteiger partial charge on any atom is -0.494 e. The number of hydrogen-bond donors (Lipinski definition) is 7. The van der Waals surface area contributed by atoms with Crippen molar-refractivity contribution in [2.75, 3.05) is 31.6 Å². The van der Waals surface area contributed by atoms with Crippen LogP contribution in [0.5, 0.6) is 5.75 Å². The number of carboxylic acids is 1. The second kappa shape index (κ2) is 19.5. The lowest BCUT2D eigenvalue weighted by molar-refractivity contribution is -0.138. The van der Waals surface area contributed by atoms with Gasteiger partial charge in [0.1, 0.15) is 5.75 Å². The molecule has 0 bridgehead atoms. The molecule has 13 nitrogen and oxygen atoms in total. The molecule has 1 aromatic rings. The number of ether oxygens (including phenoxy) is 1. The van der Waals surface area contributed by atoms with Gasteiger partial charge in [-0.2, -0.15) is 0 Å². The average molecular weight is 574 g/mol. The van der Waals surface area contributed by atoms with E-state index in [2.05, 4.69) is 26.3 Å². The van der Waals surface area contributed by atoms with Crippen LogP contribution < -0.4 is 37.5 Å². The number of nitrogens with one attached hydrogen (secondary N) is 4. The molecule has 3 amide bonds. The number of carboxylic acid groups (broad SMARTS) is 1. The third-order valence-corrected chi connectivity index (χ3v) is 5.72. The fourth-order valence-corrected chi connectivity index (χ4v) is 3.46. The fraction of sp³-hybridized carbons (Fsp3) is 0.464. The van der Waals surface area contributed by atoms with E-state index in [1.54, 1.807) is 63.3 Å². The average Bonchev–Trinajstić information content (AvgIpc) is 2.93. The molecular weight excluding hydrogens is 530 g/mol. The molecule has 41 heavy (non-hydrogen) atoms. The van der Waals surface area contributed by atoms with Gasteiger partial charge in [-0.05, 0) is 44.0 Å². The van der Waals surface area contributed by atoms with Gasteiger partial charge in [-0.3, -0.25) is 19.2 Å². The number of carbonyl (C=O) groups excluding carboxylic acids is 3. The molecule has 0 radical (unpaired) electrons. The Bertz CT molecular complexity index is 1080. The van der Waals surface area contributed by atoms with Crippen molar-refractivity contribution < 1.29 is 29.0 Å². The highest BCUT2D eigenvalue weighted by atomic mass is 16.5. The van der Waals surface area contributed by atoms with Gasteiger partial charge in [0.15, 0.2) is 5.96 Å². The van der Waals surface area contributed by atoms with Gasteiger partial charge in [-0.1, -0.05) is 32.1 Å². The van der Waals surface area contributed by atoms with Crippen LogP contribution in [-0.2, 0) is 19.2 Å². The summed E-state index contributed by atoms with van der Waals surface area (Å²) < 4.78 is 5.68. The van der Waals surface area contributed by atoms with Crippen molar-refractivity contribution in [3.05, 3.63) is 48.1 Å². The Kier molecular flexibility index (Phi) is 16.4. The number of hydrogen-bond acceptors (Lipinski definition) is 7. The first-order valence-electron chi connectivity index (χ1n) is 13.5. The molecule has 1 aromatic carbocycles. The largest absolute Gasteiger partial charge is 0.494 e. The van der Waals surface area contributed by atoms with E-state index in [1.807, 2.05) is 0 Å². The Morgan fingerprint density at radius 1 is 1.05 bits per heavy atom. The molecule has 0 aliphatic heterocycles. The van der Waals surface area contributed by atoms with Crippen LogP contribution in [0, 0.1) is 0 Å². The van der Waals surface area contributed by atoms with Crippen molar-refractivity contribution >= 4 is 35.3 Å². The summed E-state index contributed by atoms with van der Waals surface area (Å²) in [6.45, 7) is 6.30. The quantitative estimate of drug-likeness (QED) is 0.0413. The van der Waals surface area contributed by atoms with Crippen LogP contribution in [0.15, 0.2) is 53.1 Å². The molecule has 226 valence electrons. The first kappa shape index (κ1) is 34.5. The predicted molar refractivity (Wildman–Crippen MR) is 158 cm³/mol. The maximum absolute atomic E-state index is 12.6. The number of guanidine groups is 1. The number of carbonyl (C=O) groups is 4. The zero-order chi connectivity index (χ0) is 30.6. The molecule has 0 saturated carbocycles. The van der Waals surface area contributed by atoms with Crippen molar-refractivity contribution in [1.82, 2.24) is 16.0 Å². The summed E-state index contributed by atoms with van der Waals surface area (Å²) in [5, 5.41) is 20.6. The summed E-state index contributed by atoms with van der Waals surface area (Å²) in [6.07, 6.45) is 6.17. The Labute approximate surface area is 240 Å². The van der Waals surface area contributed by atoms with Gasteiger partial charge in [0, 0.05) is 30.3 Å². The smallest absolute Gasteiger partial charge is 0.305 e. The zero-order valence-electron chi connectivity index (χ0n) is 23.9. The molecule has 0 aliphatic rings.